The number of fused-ring (bicyclic) bond motifs is 1. The van der Waals surface area contributed by atoms with Gasteiger partial charge >= 0.3 is 5.97 Å². The molecule has 1 aliphatic rings. The molecule has 23 heavy (non-hydrogen) atoms. The summed E-state index contributed by atoms with van der Waals surface area (Å²) < 4.78 is 5.76. The number of esters is 1. The van der Waals surface area contributed by atoms with Crippen molar-refractivity contribution in [3.8, 4) is 0 Å². The summed E-state index contributed by atoms with van der Waals surface area (Å²) in [6.07, 6.45) is 0.535. The van der Waals surface area contributed by atoms with Gasteiger partial charge in [0.2, 0.25) is 0 Å². The van der Waals surface area contributed by atoms with Crippen LogP contribution in [0.15, 0.2) is 28.7 Å². The Labute approximate surface area is 143 Å². The van der Waals surface area contributed by atoms with Crippen molar-refractivity contribution in [3.63, 3.8) is 0 Å². The molecule has 1 aliphatic heterocycles. The third kappa shape index (κ3) is 3.19. The highest BCUT2D eigenvalue weighted by molar-refractivity contribution is 9.10. The monoisotopic (exact) mass is 378 g/mol. The number of nitrogens with zero attached hydrogens (tertiary/aromatic N) is 2. The second-order valence-corrected chi connectivity index (χ2v) is 6.87. The molecule has 1 saturated heterocycles. The fraction of sp³-hybridized carbons (Fsp3) is 0.412. The van der Waals surface area contributed by atoms with Gasteiger partial charge in [0, 0.05) is 28.6 Å². The van der Waals surface area contributed by atoms with Gasteiger partial charge in [-0.25, -0.2) is 9.78 Å². The fourth-order valence-corrected chi connectivity index (χ4v) is 3.28. The summed E-state index contributed by atoms with van der Waals surface area (Å²) in [5.41, 5.74) is 1.92. The maximum atomic E-state index is 11.9. The third-order valence-electron chi connectivity index (χ3n) is 4.40. The van der Waals surface area contributed by atoms with Crippen molar-refractivity contribution in [3.05, 3.63) is 34.4 Å². The zero-order valence-corrected chi connectivity index (χ0v) is 14.7. The van der Waals surface area contributed by atoms with Gasteiger partial charge in [0.05, 0.1) is 18.7 Å². The lowest BCUT2D eigenvalue weighted by atomic mass is 9.95. The van der Waals surface area contributed by atoms with Crippen LogP contribution in [0.5, 0.6) is 0 Å². The first-order chi connectivity index (χ1) is 11.0. The number of pyridine rings is 1. The summed E-state index contributed by atoms with van der Waals surface area (Å²) in [6.45, 7) is 3.45. The van der Waals surface area contributed by atoms with Crippen molar-refractivity contribution >= 4 is 38.5 Å². The maximum Gasteiger partial charge on any atom is 0.356 e. The zero-order valence-electron chi connectivity index (χ0n) is 13.1. The number of carbonyl (C=O) groups is 1. The summed E-state index contributed by atoms with van der Waals surface area (Å²) in [5, 5.41) is 11.2. The molecule has 0 bridgehead atoms. The van der Waals surface area contributed by atoms with Crippen molar-refractivity contribution < 1.29 is 14.6 Å². The minimum atomic E-state index is -0.456. The Hall–Kier alpha value is -1.66. The van der Waals surface area contributed by atoms with Crippen LogP contribution in [0.2, 0.25) is 0 Å². The molecule has 1 fully saturated rings. The molecule has 2 heterocycles. The van der Waals surface area contributed by atoms with Crippen molar-refractivity contribution in [2.75, 3.05) is 25.1 Å². The standard InChI is InChI=1S/C17H19BrN2O3/c1-10-5-6-20(9-16(10)21)15-8-14(17(22)23-2)19-13-4-3-11(18)7-12(13)15/h3-4,7-8,10,16,21H,5-6,9H2,1-2H3. The van der Waals surface area contributed by atoms with Crippen molar-refractivity contribution in [1.82, 2.24) is 4.98 Å². The molecule has 0 aliphatic carbocycles. The molecular weight excluding hydrogens is 360 g/mol. The van der Waals surface area contributed by atoms with Crippen LogP contribution < -0.4 is 4.90 Å². The van der Waals surface area contributed by atoms with Crippen LogP contribution in [0.1, 0.15) is 23.8 Å². The number of methoxy groups -OCH3 is 1. The molecule has 2 aromatic rings. The summed E-state index contributed by atoms with van der Waals surface area (Å²) in [6, 6.07) is 7.51. The second kappa shape index (κ2) is 6.45. The van der Waals surface area contributed by atoms with E-state index in [9.17, 15) is 9.90 Å². The van der Waals surface area contributed by atoms with Gasteiger partial charge in [0.25, 0.3) is 0 Å². The number of carbonyl (C=O) groups excluding carboxylic acids is 1. The lowest BCUT2D eigenvalue weighted by Gasteiger charge is -2.36. The molecule has 0 radical (unpaired) electrons. The Morgan fingerprint density at radius 1 is 1.43 bits per heavy atom. The van der Waals surface area contributed by atoms with E-state index >= 15 is 0 Å². The Kier molecular flexibility index (Phi) is 4.55. The number of aliphatic hydroxyl groups excluding tert-OH is 1. The number of rotatable bonds is 2. The van der Waals surface area contributed by atoms with E-state index < -0.39 is 5.97 Å². The lowest BCUT2D eigenvalue weighted by Crippen LogP contribution is -2.43. The molecule has 122 valence electrons. The highest BCUT2D eigenvalue weighted by atomic mass is 79.9. The third-order valence-corrected chi connectivity index (χ3v) is 4.90. The summed E-state index contributed by atoms with van der Waals surface area (Å²) in [7, 11) is 1.35. The zero-order chi connectivity index (χ0) is 16.6. The van der Waals surface area contributed by atoms with E-state index in [1.165, 1.54) is 7.11 Å². The first-order valence-electron chi connectivity index (χ1n) is 7.61. The number of halogens is 1. The maximum absolute atomic E-state index is 11.9. The number of hydrogen-bond acceptors (Lipinski definition) is 5. The van der Waals surface area contributed by atoms with Gasteiger partial charge in [-0.15, -0.1) is 0 Å². The SMILES string of the molecule is COC(=O)c1cc(N2CCC(C)C(O)C2)c2cc(Br)ccc2n1. The predicted octanol–water partition coefficient (Wildman–Crippen LogP) is 2.99. The number of piperidine rings is 1. The highest BCUT2D eigenvalue weighted by Crippen LogP contribution is 2.32. The smallest absolute Gasteiger partial charge is 0.356 e. The molecule has 3 rings (SSSR count). The molecule has 0 spiro atoms. The summed E-state index contributed by atoms with van der Waals surface area (Å²) in [5.74, 6) is -0.173. The van der Waals surface area contributed by atoms with Crippen LogP contribution in [-0.2, 0) is 4.74 Å². The van der Waals surface area contributed by atoms with Crippen LogP contribution in [0.3, 0.4) is 0 Å². The molecule has 2 atom stereocenters. The lowest BCUT2D eigenvalue weighted by molar-refractivity contribution is 0.0594. The molecule has 2 unspecified atom stereocenters. The van der Waals surface area contributed by atoms with Crippen LogP contribution >= 0.6 is 15.9 Å². The molecule has 1 aromatic heterocycles. The van der Waals surface area contributed by atoms with Crippen LogP contribution in [-0.4, -0.2) is 42.4 Å². The number of hydrogen-bond donors (Lipinski definition) is 1. The fourth-order valence-electron chi connectivity index (χ4n) is 2.92. The van der Waals surface area contributed by atoms with Gasteiger partial charge in [-0.05, 0) is 36.6 Å². The van der Waals surface area contributed by atoms with Crippen LogP contribution in [0.4, 0.5) is 5.69 Å². The average molecular weight is 379 g/mol. The van der Waals surface area contributed by atoms with E-state index in [2.05, 4.69) is 32.7 Å². The normalized spacial score (nSPS) is 21.5. The molecule has 0 saturated carbocycles. The summed E-state index contributed by atoms with van der Waals surface area (Å²) >= 11 is 3.49. The number of β-amino-alcohol motifs (C(OH)–C–C–N with tert-alkyl or cyclic N) is 1. The van der Waals surface area contributed by atoms with Gasteiger partial charge in [0.15, 0.2) is 5.69 Å². The van der Waals surface area contributed by atoms with Crippen LogP contribution in [0, 0.1) is 5.92 Å². The van der Waals surface area contributed by atoms with Gasteiger partial charge in [-0.1, -0.05) is 22.9 Å². The molecule has 0 amide bonds. The quantitative estimate of drug-likeness (QED) is 0.813. The average Bonchev–Trinajstić information content (AvgIpc) is 2.55. The van der Waals surface area contributed by atoms with Crippen molar-refractivity contribution in [2.45, 2.75) is 19.4 Å². The number of aromatic nitrogens is 1. The Morgan fingerprint density at radius 3 is 2.91 bits per heavy atom. The number of anilines is 1. The minimum Gasteiger partial charge on any atom is -0.464 e. The van der Waals surface area contributed by atoms with Crippen molar-refractivity contribution in [2.24, 2.45) is 5.92 Å². The first-order valence-corrected chi connectivity index (χ1v) is 8.40. The van der Waals surface area contributed by atoms with E-state index in [0.29, 0.717) is 6.54 Å². The second-order valence-electron chi connectivity index (χ2n) is 5.96. The number of aliphatic hydroxyl groups is 1. The van der Waals surface area contributed by atoms with Gasteiger partial charge in [-0.2, -0.15) is 0 Å². The Morgan fingerprint density at radius 2 is 2.22 bits per heavy atom. The highest BCUT2D eigenvalue weighted by Gasteiger charge is 2.26. The van der Waals surface area contributed by atoms with E-state index in [0.717, 1.165) is 34.0 Å². The molecule has 6 heteroatoms. The van der Waals surface area contributed by atoms with E-state index in [-0.39, 0.29) is 17.7 Å². The molecule has 1 aromatic carbocycles. The van der Waals surface area contributed by atoms with E-state index in [1.54, 1.807) is 6.07 Å². The Bertz CT molecular complexity index is 750. The molecular formula is C17H19BrN2O3. The Balaban J connectivity index is 2.12. The van der Waals surface area contributed by atoms with Crippen LogP contribution in [0.25, 0.3) is 10.9 Å². The number of benzene rings is 1. The van der Waals surface area contributed by atoms with Gasteiger partial charge in [-0.3, -0.25) is 0 Å². The summed E-state index contributed by atoms with van der Waals surface area (Å²) in [4.78, 5) is 18.4. The van der Waals surface area contributed by atoms with Gasteiger partial charge in [0.1, 0.15) is 0 Å². The largest absolute Gasteiger partial charge is 0.464 e. The topological polar surface area (TPSA) is 62.7 Å². The molecule has 1 N–H and O–H groups in total. The molecule has 5 nitrogen and oxygen atoms in total. The number of ether oxygens (including phenoxy) is 1. The van der Waals surface area contributed by atoms with E-state index in [4.69, 9.17) is 4.74 Å². The van der Waals surface area contributed by atoms with E-state index in [1.807, 2.05) is 18.2 Å². The first kappa shape index (κ1) is 16.2. The predicted molar refractivity (Wildman–Crippen MR) is 92.8 cm³/mol. The van der Waals surface area contributed by atoms with Gasteiger partial charge < -0.3 is 14.7 Å². The minimum absolute atomic E-state index is 0.283. The van der Waals surface area contributed by atoms with Crippen molar-refractivity contribution in [1.29, 1.82) is 0 Å².